The number of ketones is 1. The second-order valence-electron chi connectivity index (χ2n) is 9.02. The number of aromatic amines is 1. The van der Waals surface area contributed by atoms with Gasteiger partial charge in [-0.05, 0) is 35.9 Å². The van der Waals surface area contributed by atoms with Crippen LogP contribution in [0.1, 0.15) is 5.56 Å². The van der Waals surface area contributed by atoms with Crippen molar-refractivity contribution in [2.24, 2.45) is 9.98 Å². The second-order valence-corrected chi connectivity index (χ2v) is 11.0. The minimum Gasteiger partial charge on any atom is -0.497 e. The number of nitrogens with zero attached hydrogens (tertiary/aromatic N) is 5. The van der Waals surface area contributed by atoms with Crippen LogP contribution < -0.4 is 15.6 Å². The quantitative estimate of drug-likeness (QED) is 0.519. The Morgan fingerprint density at radius 3 is 2.46 bits per heavy atom. The van der Waals surface area contributed by atoms with Crippen LogP contribution in [0.2, 0.25) is 0 Å². The predicted molar refractivity (Wildman–Crippen MR) is 137 cm³/mol. The van der Waals surface area contributed by atoms with Crippen LogP contribution in [-0.4, -0.2) is 62.9 Å². The molecule has 3 heterocycles. The summed E-state index contributed by atoms with van der Waals surface area (Å²) in [6, 6.07) is 14.2. The van der Waals surface area contributed by atoms with E-state index in [-0.39, 0.29) is 40.4 Å². The Bertz CT molecular complexity index is 1940. The van der Waals surface area contributed by atoms with E-state index >= 15 is 0 Å². The lowest BCUT2D eigenvalue weighted by Gasteiger charge is -2.26. The molecule has 0 bridgehead atoms. The number of methoxy groups -OCH3 is 1. The zero-order valence-electron chi connectivity index (χ0n) is 20.6. The van der Waals surface area contributed by atoms with Gasteiger partial charge in [-0.3, -0.25) is 9.79 Å². The SMILES string of the molecule is COc1ccc(C2=C(C#N)C(=O)C3N=c4c([nH]c5ccc(S(=O)(=O)N6CCOCC6)cc45)=NC3=C2C#N)cc1. The summed E-state index contributed by atoms with van der Waals surface area (Å²) in [4.78, 5) is 26.0. The van der Waals surface area contributed by atoms with Crippen molar-refractivity contribution in [1.82, 2.24) is 9.29 Å². The molecule has 12 heteroatoms. The van der Waals surface area contributed by atoms with Crippen LogP contribution in [0.5, 0.6) is 5.75 Å². The minimum atomic E-state index is -3.77. The third-order valence-corrected chi connectivity index (χ3v) is 8.83. The zero-order valence-corrected chi connectivity index (χ0v) is 21.4. The average Bonchev–Trinajstić information content (AvgIpc) is 3.33. The molecule has 0 amide bonds. The third-order valence-electron chi connectivity index (χ3n) is 6.93. The monoisotopic (exact) mass is 540 g/mol. The van der Waals surface area contributed by atoms with Gasteiger partial charge in [-0.15, -0.1) is 0 Å². The lowest BCUT2D eigenvalue weighted by atomic mass is 9.82. The van der Waals surface area contributed by atoms with Gasteiger partial charge < -0.3 is 14.5 Å². The van der Waals surface area contributed by atoms with Crippen molar-refractivity contribution in [3.8, 4) is 17.9 Å². The van der Waals surface area contributed by atoms with Crippen LogP contribution in [0.15, 0.2) is 74.2 Å². The first kappa shape index (κ1) is 24.7. The van der Waals surface area contributed by atoms with Gasteiger partial charge in [0, 0.05) is 29.6 Å². The number of nitrogens with one attached hydrogen (secondary N) is 1. The van der Waals surface area contributed by atoms with Gasteiger partial charge in [0.2, 0.25) is 15.8 Å². The molecule has 1 aliphatic carbocycles. The Hall–Kier alpha value is -4.62. The van der Waals surface area contributed by atoms with Gasteiger partial charge in [-0.2, -0.15) is 14.8 Å². The zero-order chi connectivity index (χ0) is 27.3. The number of nitriles is 2. The Morgan fingerprint density at radius 1 is 1.08 bits per heavy atom. The maximum Gasteiger partial charge on any atom is 0.243 e. The number of hydrogen-bond donors (Lipinski definition) is 1. The molecule has 0 saturated carbocycles. The summed E-state index contributed by atoms with van der Waals surface area (Å²) >= 11 is 0. The molecule has 194 valence electrons. The smallest absolute Gasteiger partial charge is 0.243 e. The summed E-state index contributed by atoms with van der Waals surface area (Å²) in [5.74, 6) is -0.00253. The molecule has 1 atom stereocenters. The van der Waals surface area contributed by atoms with Gasteiger partial charge in [0.25, 0.3) is 0 Å². The molecular weight excluding hydrogens is 520 g/mol. The number of ether oxygens (including phenoxy) is 2. The third kappa shape index (κ3) is 3.85. The highest BCUT2D eigenvalue weighted by molar-refractivity contribution is 7.89. The molecule has 2 aromatic carbocycles. The van der Waals surface area contributed by atoms with Gasteiger partial charge in [-0.25, -0.2) is 13.4 Å². The van der Waals surface area contributed by atoms with E-state index in [1.807, 2.05) is 6.07 Å². The molecule has 3 aromatic rings. The molecular formula is C27H20N6O5S. The molecule has 0 radical (unpaired) electrons. The number of allylic oxidation sites excluding steroid dienone is 2. The number of morpholine rings is 1. The van der Waals surface area contributed by atoms with Crippen LogP contribution in [0.4, 0.5) is 0 Å². The number of Topliss-reactive ketones (excluding diaryl/α,β-unsaturated/α-hetero) is 1. The van der Waals surface area contributed by atoms with Crippen molar-refractivity contribution in [3.63, 3.8) is 0 Å². The molecule has 1 fully saturated rings. The van der Waals surface area contributed by atoms with E-state index in [4.69, 9.17) is 9.47 Å². The first-order valence-electron chi connectivity index (χ1n) is 12.0. The van der Waals surface area contributed by atoms with Gasteiger partial charge >= 0.3 is 0 Å². The van der Waals surface area contributed by atoms with Crippen molar-refractivity contribution in [2.75, 3.05) is 33.4 Å². The molecule has 6 rings (SSSR count). The Balaban J connectivity index is 1.53. The van der Waals surface area contributed by atoms with Crippen LogP contribution in [-0.2, 0) is 19.6 Å². The van der Waals surface area contributed by atoms with E-state index in [0.29, 0.717) is 46.3 Å². The average molecular weight is 541 g/mol. The van der Waals surface area contributed by atoms with Crippen LogP contribution >= 0.6 is 0 Å². The number of sulfonamides is 1. The summed E-state index contributed by atoms with van der Waals surface area (Å²) in [6.45, 7) is 1.16. The Morgan fingerprint density at radius 2 is 1.79 bits per heavy atom. The number of carbonyl (C=O) groups is 1. The first-order chi connectivity index (χ1) is 18.9. The largest absolute Gasteiger partial charge is 0.497 e. The van der Waals surface area contributed by atoms with Crippen LogP contribution in [0, 0.1) is 22.7 Å². The van der Waals surface area contributed by atoms with E-state index in [9.17, 15) is 23.7 Å². The summed E-state index contributed by atoms with van der Waals surface area (Å²) in [5, 5.41) is 20.8. The maximum absolute atomic E-state index is 13.5. The molecule has 39 heavy (non-hydrogen) atoms. The van der Waals surface area contributed by atoms with E-state index in [1.165, 1.54) is 23.5 Å². The molecule has 1 N–H and O–H groups in total. The number of aromatic nitrogens is 1. The summed E-state index contributed by atoms with van der Waals surface area (Å²) in [6.07, 6.45) is 0. The maximum atomic E-state index is 13.5. The normalized spacial score (nSPS) is 19.5. The van der Waals surface area contributed by atoms with Crippen LogP contribution in [0.25, 0.3) is 16.5 Å². The standard InChI is InChI=1S/C27H20N6O5S/c1-37-16-4-2-15(3-5-16)22-19(13-28)23-25(26(34)20(22)14-29)31-24-18-12-17(6-7-21(18)30-27(24)32-23)39(35,36)33-8-10-38-11-9-33/h2-7,12,25H,8-11H2,1H3,(H,30,32). The highest BCUT2D eigenvalue weighted by atomic mass is 32.2. The molecule has 2 aliphatic heterocycles. The fourth-order valence-electron chi connectivity index (χ4n) is 4.98. The molecule has 1 aromatic heterocycles. The number of H-pyrrole nitrogens is 1. The Labute approximate surface area is 222 Å². The lowest BCUT2D eigenvalue weighted by molar-refractivity contribution is -0.115. The summed E-state index contributed by atoms with van der Waals surface area (Å²) in [5.41, 5.74) is 1.57. The first-order valence-corrected chi connectivity index (χ1v) is 13.4. The highest BCUT2D eigenvalue weighted by Gasteiger charge is 2.39. The fourth-order valence-corrected chi connectivity index (χ4v) is 6.42. The number of hydrogen-bond acceptors (Lipinski definition) is 9. The van der Waals surface area contributed by atoms with Crippen molar-refractivity contribution in [3.05, 3.63) is 75.7 Å². The van der Waals surface area contributed by atoms with Gasteiger partial charge in [0.15, 0.2) is 11.5 Å². The van der Waals surface area contributed by atoms with E-state index < -0.39 is 21.8 Å². The summed E-state index contributed by atoms with van der Waals surface area (Å²) < 4.78 is 38.3. The van der Waals surface area contributed by atoms with Crippen LogP contribution in [0.3, 0.4) is 0 Å². The number of fused-ring (bicyclic) bond motifs is 4. The van der Waals surface area contributed by atoms with Crippen molar-refractivity contribution in [1.29, 1.82) is 10.5 Å². The predicted octanol–water partition coefficient (Wildman–Crippen LogP) is 1.16. The van der Waals surface area contributed by atoms with Crippen molar-refractivity contribution < 1.29 is 22.7 Å². The van der Waals surface area contributed by atoms with Gasteiger partial charge in [-0.1, -0.05) is 12.1 Å². The number of benzene rings is 2. The molecule has 1 saturated heterocycles. The Kier molecular flexibility index (Phi) is 5.88. The number of carbonyl (C=O) groups excluding carboxylic acids is 1. The number of rotatable bonds is 4. The molecule has 3 aliphatic rings. The topological polar surface area (TPSA) is 161 Å². The molecule has 11 nitrogen and oxygen atoms in total. The van der Waals surface area contributed by atoms with Crippen molar-refractivity contribution >= 4 is 32.3 Å². The van der Waals surface area contributed by atoms with Crippen molar-refractivity contribution in [2.45, 2.75) is 10.9 Å². The minimum absolute atomic E-state index is 0.0740. The summed E-state index contributed by atoms with van der Waals surface area (Å²) in [7, 11) is -2.25. The lowest BCUT2D eigenvalue weighted by Crippen LogP contribution is -2.40. The highest BCUT2D eigenvalue weighted by Crippen LogP contribution is 2.37. The van der Waals surface area contributed by atoms with E-state index in [2.05, 4.69) is 21.0 Å². The van der Waals surface area contributed by atoms with E-state index in [0.717, 1.165) is 0 Å². The molecule has 0 spiro atoms. The fraction of sp³-hybridized carbons (Fsp3) is 0.222. The van der Waals surface area contributed by atoms with E-state index in [1.54, 1.807) is 30.3 Å². The molecule has 1 unspecified atom stereocenters. The van der Waals surface area contributed by atoms with Gasteiger partial charge in [0.1, 0.15) is 28.8 Å². The second kappa shape index (κ2) is 9.29. The van der Waals surface area contributed by atoms with Gasteiger partial charge in [0.05, 0.1) is 36.5 Å².